The molecular formula is C10H17N3OS. The molecule has 1 aliphatic carbocycles. The highest BCUT2D eigenvalue weighted by Gasteiger charge is 2.25. The second-order valence-corrected chi connectivity index (χ2v) is 5.65. The summed E-state index contributed by atoms with van der Waals surface area (Å²) < 4.78 is 13.2. The predicted molar refractivity (Wildman–Crippen MR) is 62.5 cm³/mol. The molecule has 0 aliphatic heterocycles. The van der Waals surface area contributed by atoms with Gasteiger partial charge in [0.25, 0.3) is 0 Å². The maximum Gasteiger partial charge on any atom is 0.203 e. The van der Waals surface area contributed by atoms with E-state index >= 15 is 0 Å². The molecule has 1 aromatic heterocycles. The summed E-state index contributed by atoms with van der Waals surface area (Å²) in [5.74, 6) is 1.58. The normalized spacial score (nSPS) is 19.9. The monoisotopic (exact) mass is 227 g/mol. The molecule has 0 spiro atoms. The number of rotatable bonds is 5. The molecule has 0 amide bonds. The Morgan fingerprint density at radius 2 is 2.47 bits per heavy atom. The van der Waals surface area contributed by atoms with Crippen LogP contribution in [0.2, 0.25) is 0 Å². The Balaban J connectivity index is 1.97. The molecule has 0 radical (unpaired) electrons. The molecule has 1 N–H and O–H groups in total. The molecule has 0 saturated heterocycles. The Labute approximate surface area is 92.5 Å². The largest absolute Gasteiger partial charge is 0.352 e. The number of imidazole rings is 1. The highest BCUT2D eigenvalue weighted by molar-refractivity contribution is 7.84. The van der Waals surface area contributed by atoms with Gasteiger partial charge in [0.2, 0.25) is 5.95 Å². The lowest BCUT2D eigenvalue weighted by Crippen LogP contribution is -2.24. The third-order valence-corrected chi connectivity index (χ3v) is 3.44. The lowest BCUT2D eigenvalue weighted by molar-refractivity contribution is 0.681. The van der Waals surface area contributed by atoms with Crippen LogP contribution in [0.25, 0.3) is 0 Å². The van der Waals surface area contributed by atoms with E-state index in [1.54, 1.807) is 6.26 Å². The summed E-state index contributed by atoms with van der Waals surface area (Å²) in [5.41, 5.74) is 0. The van der Waals surface area contributed by atoms with Crippen LogP contribution in [0.3, 0.4) is 0 Å². The fourth-order valence-corrected chi connectivity index (χ4v) is 2.47. The second-order valence-electron chi connectivity index (χ2n) is 4.17. The highest BCUT2D eigenvalue weighted by Crippen LogP contribution is 2.36. The number of hydrogen-bond donors (Lipinski definition) is 1. The molecule has 5 heteroatoms. The van der Waals surface area contributed by atoms with Gasteiger partial charge in [-0.15, -0.1) is 0 Å². The van der Waals surface area contributed by atoms with Crippen molar-refractivity contribution < 1.29 is 4.21 Å². The molecule has 0 aromatic carbocycles. The maximum absolute atomic E-state index is 11.1. The molecule has 1 aromatic rings. The fraction of sp³-hybridized carbons (Fsp3) is 0.700. The lowest BCUT2D eigenvalue weighted by atomic mass is 10.4. The van der Waals surface area contributed by atoms with Crippen LogP contribution < -0.4 is 5.32 Å². The van der Waals surface area contributed by atoms with Crippen molar-refractivity contribution in [2.45, 2.75) is 31.8 Å². The molecule has 4 nitrogen and oxygen atoms in total. The van der Waals surface area contributed by atoms with Gasteiger partial charge in [-0.3, -0.25) is 4.21 Å². The van der Waals surface area contributed by atoms with Crippen molar-refractivity contribution in [3.05, 3.63) is 12.4 Å². The molecule has 1 fully saturated rings. The molecule has 1 aliphatic rings. The first-order valence-corrected chi connectivity index (χ1v) is 6.99. The van der Waals surface area contributed by atoms with Crippen LogP contribution in [-0.2, 0) is 10.8 Å². The van der Waals surface area contributed by atoms with Crippen LogP contribution in [0.15, 0.2) is 12.4 Å². The molecule has 2 atom stereocenters. The minimum Gasteiger partial charge on any atom is -0.352 e. The molecule has 2 rings (SSSR count). The number of anilines is 1. The first-order valence-electron chi connectivity index (χ1n) is 5.26. The fourth-order valence-electron chi connectivity index (χ4n) is 1.69. The SMILES string of the molecule is CC(CS(C)=O)Nc1nccn1C1CC1. The van der Waals surface area contributed by atoms with Crippen molar-refractivity contribution in [1.29, 1.82) is 0 Å². The van der Waals surface area contributed by atoms with Gasteiger partial charge in [-0.1, -0.05) is 0 Å². The standard InChI is InChI=1S/C10H17N3OS/c1-8(7-15(2)14)12-10-11-5-6-13(10)9-3-4-9/h5-6,8-9H,3-4,7H2,1-2H3,(H,11,12). The highest BCUT2D eigenvalue weighted by atomic mass is 32.2. The third-order valence-electron chi connectivity index (χ3n) is 2.47. The lowest BCUT2D eigenvalue weighted by Gasteiger charge is -2.14. The summed E-state index contributed by atoms with van der Waals surface area (Å²) in [6.07, 6.45) is 8.05. The zero-order chi connectivity index (χ0) is 10.8. The van der Waals surface area contributed by atoms with Crippen molar-refractivity contribution in [1.82, 2.24) is 9.55 Å². The van der Waals surface area contributed by atoms with Gasteiger partial charge in [-0.05, 0) is 19.8 Å². The van der Waals surface area contributed by atoms with Crippen molar-refractivity contribution in [3.8, 4) is 0 Å². The van der Waals surface area contributed by atoms with Crippen LogP contribution in [0.5, 0.6) is 0 Å². The van der Waals surface area contributed by atoms with E-state index in [0.717, 1.165) is 5.95 Å². The average Bonchev–Trinajstić information content (AvgIpc) is 2.87. The minimum atomic E-state index is -0.758. The smallest absolute Gasteiger partial charge is 0.203 e. The molecule has 1 saturated carbocycles. The number of nitrogens with zero attached hydrogens (tertiary/aromatic N) is 2. The zero-order valence-electron chi connectivity index (χ0n) is 9.14. The Hall–Kier alpha value is -0.840. The average molecular weight is 227 g/mol. The van der Waals surface area contributed by atoms with Crippen molar-refractivity contribution in [3.63, 3.8) is 0 Å². The first-order chi connectivity index (χ1) is 7.16. The van der Waals surface area contributed by atoms with Gasteiger partial charge in [0.1, 0.15) is 0 Å². The van der Waals surface area contributed by atoms with Gasteiger partial charge in [0, 0.05) is 47.3 Å². The van der Waals surface area contributed by atoms with Crippen LogP contribution in [0, 0.1) is 0 Å². The topological polar surface area (TPSA) is 46.9 Å². The Morgan fingerprint density at radius 3 is 3.07 bits per heavy atom. The third kappa shape index (κ3) is 2.81. The van der Waals surface area contributed by atoms with Gasteiger partial charge in [0.15, 0.2) is 0 Å². The van der Waals surface area contributed by atoms with Crippen molar-refractivity contribution in [2.75, 3.05) is 17.3 Å². The van der Waals surface area contributed by atoms with E-state index in [9.17, 15) is 4.21 Å². The quantitative estimate of drug-likeness (QED) is 0.827. The van der Waals surface area contributed by atoms with Gasteiger partial charge in [-0.25, -0.2) is 4.98 Å². The maximum atomic E-state index is 11.1. The van der Waals surface area contributed by atoms with E-state index in [2.05, 4.69) is 14.9 Å². The molecule has 84 valence electrons. The summed E-state index contributed by atoms with van der Waals surface area (Å²) in [7, 11) is -0.758. The van der Waals surface area contributed by atoms with Crippen LogP contribution in [-0.4, -0.2) is 31.8 Å². The van der Waals surface area contributed by atoms with Crippen LogP contribution in [0.1, 0.15) is 25.8 Å². The number of aromatic nitrogens is 2. The summed E-state index contributed by atoms with van der Waals surface area (Å²) in [4.78, 5) is 4.28. The zero-order valence-corrected chi connectivity index (χ0v) is 9.96. The Bertz CT molecular complexity index is 359. The molecule has 1 heterocycles. The molecule has 0 bridgehead atoms. The Kier molecular flexibility index (Phi) is 3.09. The van der Waals surface area contributed by atoms with Crippen LogP contribution >= 0.6 is 0 Å². The van der Waals surface area contributed by atoms with E-state index in [1.165, 1.54) is 12.8 Å². The summed E-state index contributed by atoms with van der Waals surface area (Å²) >= 11 is 0. The van der Waals surface area contributed by atoms with Gasteiger partial charge in [0.05, 0.1) is 0 Å². The van der Waals surface area contributed by atoms with E-state index < -0.39 is 10.8 Å². The first kappa shape index (κ1) is 10.7. The predicted octanol–water partition coefficient (Wildman–Crippen LogP) is 1.40. The van der Waals surface area contributed by atoms with Crippen molar-refractivity contribution >= 4 is 16.7 Å². The molecule has 15 heavy (non-hydrogen) atoms. The minimum absolute atomic E-state index is 0.204. The second kappa shape index (κ2) is 4.35. The summed E-state index contributed by atoms with van der Waals surface area (Å²) in [6, 6.07) is 0.838. The van der Waals surface area contributed by atoms with E-state index in [1.807, 2.05) is 19.3 Å². The molecular weight excluding hydrogens is 210 g/mol. The van der Waals surface area contributed by atoms with E-state index in [-0.39, 0.29) is 6.04 Å². The molecule has 2 unspecified atom stereocenters. The van der Waals surface area contributed by atoms with Gasteiger partial charge < -0.3 is 9.88 Å². The van der Waals surface area contributed by atoms with Gasteiger partial charge >= 0.3 is 0 Å². The summed E-state index contributed by atoms with van der Waals surface area (Å²) in [5, 5.41) is 3.30. The van der Waals surface area contributed by atoms with Crippen LogP contribution in [0.4, 0.5) is 5.95 Å². The Morgan fingerprint density at radius 1 is 1.73 bits per heavy atom. The summed E-state index contributed by atoms with van der Waals surface area (Å²) in [6.45, 7) is 2.04. The van der Waals surface area contributed by atoms with E-state index in [4.69, 9.17) is 0 Å². The van der Waals surface area contributed by atoms with Crippen molar-refractivity contribution in [2.24, 2.45) is 0 Å². The number of nitrogens with one attached hydrogen (secondary N) is 1. The van der Waals surface area contributed by atoms with Gasteiger partial charge in [-0.2, -0.15) is 0 Å². The van der Waals surface area contributed by atoms with E-state index in [0.29, 0.717) is 11.8 Å². The number of hydrogen-bond acceptors (Lipinski definition) is 3.